The Balaban J connectivity index is 2.36. The Kier molecular flexibility index (Phi) is 3.60. The number of ether oxygens (including phenoxy) is 1. The standard InChI is InChI=1S/C13H10FN3O3/c14-9-7-8(13(15)16)5-6-11(9)20-12-4-2-1-3-10(12)17(18)19/h1-7H,(H3,15,16). The molecule has 0 aliphatic carbocycles. The summed E-state index contributed by atoms with van der Waals surface area (Å²) >= 11 is 0. The van der Waals surface area contributed by atoms with Crippen LogP contribution >= 0.6 is 0 Å². The third-order valence-corrected chi connectivity index (χ3v) is 2.52. The first kappa shape index (κ1) is 13.5. The lowest BCUT2D eigenvalue weighted by Gasteiger charge is -2.08. The molecule has 2 rings (SSSR count). The summed E-state index contributed by atoms with van der Waals surface area (Å²) in [6.45, 7) is 0. The number of rotatable bonds is 4. The van der Waals surface area contributed by atoms with Gasteiger partial charge in [-0.3, -0.25) is 15.5 Å². The van der Waals surface area contributed by atoms with Gasteiger partial charge in [-0.25, -0.2) is 4.39 Å². The number of nitrogens with zero attached hydrogens (tertiary/aromatic N) is 1. The Morgan fingerprint density at radius 3 is 2.55 bits per heavy atom. The first-order valence-corrected chi connectivity index (χ1v) is 5.54. The maximum atomic E-state index is 13.8. The maximum Gasteiger partial charge on any atom is 0.311 e. The van der Waals surface area contributed by atoms with E-state index in [9.17, 15) is 14.5 Å². The Labute approximate surface area is 113 Å². The summed E-state index contributed by atoms with van der Waals surface area (Å²) in [7, 11) is 0. The molecule has 0 spiro atoms. The highest BCUT2D eigenvalue weighted by molar-refractivity contribution is 5.95. The summed E-state index contributed by atoms with van der Waals surface area (Å²) in [6, 6.07) is 9.36. The van der Waals surface area contributed by atoms with Gasteiger partial charge in [0.2, 0.25) is 5.75 Å². The van der Waals surface area contributed by atoms with Gasteiger partial charge in [0.25, 0.3) is 0 Å². The quantitative estimate of drug-likeness (QED) is 0.387. The zero-order valence-electron chi connectivity index (χ0n) is 10.2. The van der Waals surface area contributed by atoms with E-state index >= 15 is 0 Å². The van der Waals surface area contributed by atoms with Gasteiger partial charge in [-0.2, -0.15) is 0 Å². The molecule has 0 amide bonds. The van der Waals surface area contributed by atoms with Crippen molar-refractivity contribution >= 4 is 11.5 Å². The third kappa shape index (κ3) is 2.72. The molecule has 0 saturated heterocycles. The average molecular weight is 275 g/mol. The molecule has 0 saturated carbocycles. The number of nitrogens with one attached hydrogen (secondary N) is 1. The fraction of sp³-hybridized carbons (Fsp3) is 0. The van der Waals surface area contributed by atoms with Crippen LogP contribution in [0.15, 0.2) is 42.5 Å². The molecule has 2 aromatic carbocycles. The van der Waals surface area contributed by atoms with Crippen molar-refractivity contribution in [2.75, 3.05) is 0 Å². The summed E-state index contributed by atoms with van der Waals surface area (Å²) in [6.07, 6.45) is 0. The monoisotopic (exact) mass is 275 g/mol. The molecular weight excluding hydrogens is 265 g/mol. The van der Waals surface area contributed by atoms with Crippen LogP contribution in [0, 0.1) is 21.3 Å². The van der Waals surface area contributed by atoms with Crippen LogP contribution in [0.2, 0.25) is 0 Å². The molecule has 0 unspecified atom stereocenters. The van der Waals surface area contributed by atoms with E-state index in [1.165, 1.54) is 30.3 Å². The van der Waals surface area contributed by atoms with E-state index in [1.54, 1.807) is 6.07 Å². The number of nitrogens with two attached hydrogens (primary N) is 1. The predicted octanol–water partition coefficient (Wildman–Crippen LogP) is 2.81. The Morgan fingerprint density at radius 2 is 1.95 bits per heavy atom. The minimum atomic E-state index is -0.754. The minimum absolute atomic E-state index is 0.0630. The number of nitro groups is 1. The largest absolute Gasteiger partial charge is 0.447 e. The van der Waals surface area contributed by atoms with Crippen molar-refractivity contribution in [2.24, 2.45) is 5.73 Å². The molecule has 0 heterocycles. The molecule has 0 aliphatic rings. The van der Waals surface area contributed by atoms with Crippen LogP contribution in [0.5, 0.6) is 11.5 Å². The van der Waals surface area contributed by atoms with E-state index in [0.717, 1.165) is 6.07 Å². The predicted molar refractivity (Wildman–Crippen MR) is 70.6 cm³/mol. The van der Waals surface area contributed by atoms with Crippen LogP contribution in [0.25, 0.3) is 0 Å². The van der Waals surface area contributed by atoms with Gasteiger partial charge < -0.3 is 10.5 Å². The zero-order valence-corrected chi connectivity index (χ0v) is 10.2. The molecule has 7 heteroatoms. The number of hydrogen-bond donors (Lipinski definition) is 2. The number of nitrogen functional groups attached to an aromatic ring is 1. The van der Waals surface area contributed by atoms with E-state index < -0.39 is 10.7 Å². The summed E-state index contributed by atoms with van der Waals surface area (Å²) in [5, 5.41) is 18.0. The number of halogens is 1. The van der Waals surface area contributed by atoms with Crippen molar-refractivity contribution in [3.05, 3.63) is 64.0 Å². The van der Waals surface area contributed by atoms with E-state index in [0.29, 0.717) is 0 Å². The van der Waals surface area contributed by atoms with Crippen molar-refractivity contribution in [1.82, 2.24) is 0 Å². The van der Waals surface area contributed by atoms with E-state index in [2.05, 4.69) is 0 Å². The number of para-hydroxylation sites is 2. The molecule has 0 bridgehead atoms. The van der Waals surface area contributed by atoms with Crippen LogP contribution < -0.4 is 10.5 Å². The van der Waals surface area contributed by atoms with E-state index in [1.807, 2.05) is 0 Å². The van der Waals surface area contributed by atoms with Crippen LogP contribution in [0.3, 0.4) is 0 Å². The molecule has 102 valence electrons. The van der Waals surface area contributed by atoms with Gasteiger partial charge in [0.15, 0.2) is 11.6 Å². The lowest BCUT2D eigenvalue weighted by atomic mass is 10.2. The summed E-state index contributed by atoms with van der Waals surface area (Å²) in [5.74, 6) is -1.27. The van der Waals surface area contributed by atoms with Gasteiger partial charge >= 0.3 is 5.69 Å². The number of hydrogen-bond acceptors (Lipinski definition) is 4. The highest BCUT2D eigenvalue weighted by atomic mass is 19.1. The molecule has 0 radical (unpaired) electrons. The molecule has 20 heavy (non-hydrogen) atoms. The minimum Gasteiger partial charge on any atom is -0.447 e. The van der Waals surface area contributed by atoms with Crippen LogP contribution in [0.4, 0.5) is 10.1 Å². The Bertz CT molecular complexity index is 688. The zero-order chi connectivity index (χ0) is 14.7. The fourth-order valence-corrected chi connectivity index (χ4v) is 1.56. The Hall–Kier alpha value is -2.96. The normalized spacial score (nSPS) is 10.1. The lowest BCUT2D eigenvalue weighted by Crippen LogP contribution is -2.11. The topological polar surface area (TPSA) is 102 Å². The molecule has 0 atom stereocenters. The van der Waals surface area contributed by atoms with Gasteiger partial charge in [0.05, 0.1) is 4.92 Å². The number of benzene rings is 2. The molecule has 0 aromatic heterocycles. The maximum absolute atomic E-state index is 13.8. The van der Waals surface area contributed by atoms with Gasteiger partial charge in [-0.05, 0) is 24.3 Å². The lowest BCUT2D eigenvalue weighted by molar-refractivity contribution is -0.385. The summed E-state index contributed by atoms with van der Waals surface area (Å²) < 4.78 is 19.0. The highest BCUT2D eigenvalue weighted by Crippen LogP contribution is 2.32. The fourth-order valence-electron chi connectivity index (χ4n) is 1.56. The van der Waals surface area contributed by atoms with Crippen LogP contribution in [0.1, 0.15) is 5.56 Å². The van der Waals surface area contributed by atoms with Gasteiger partial charge in [-0.1, -0.05) is 12.1 Å². The number of amidine groups is 1. The van der Waals surface area contributed by atoms with Gasteiger partial charge in [-0.15, -0.1) is 0 Å². The summed E-state index contributed by atoms with van der Waals surface area (Å²) in [5.41, 5.74) is 5.18. The van der Waals surface area contributed by atoms with Crippen LogP contribution in [-0.4, -0.2) is 10.8 Å². The van der Waals surface area contributed by atoms with Crippen molar-refractivity contribution in [3.63, 3.8) is 0 Å². The second-order valence-electron chi connectivity index (χ2n) is 3.89. The van der Waals surface area contributed by atoms with E-state index in [-0.39, 0.29) is 28.6 Å². The molecular formula is C13H10FN3O3. The second kappa shape index (κ2) is 5.35. The van der Waals surface area contributed by atoms with Crippen molar-refractivity contribution in [1.29, 1.82) is 5.41 Å². The molecule has 2 aromatic rings. The molecule has 6 nitrogen and oxygen atoms in total. The smallest absolute Gasteiger partial charge is 0.311 e. The first-order chi connectivity index (χ1) is 9.49. The van der Waals surface area contributed by atoms with Crippen molar-refractivity contribution in [2.45, 2.75) is 0 Å². The second-order valence-corrected chi connectivity index (χ2v) is 3.89. The third-order valence-electron chi connectivity index (χ3n) is 2.52. The van der Waals surface area contributed by atoms with Crippen LogP contribution in [-0.2, 0) is 0 Å². The number of nitro benzene ring substituents is 1. The first-order valence-electron chi connectivity index (χ1n) is 5.54. The molecule has 0 aliphatic heterocycles. The van der Waals surface area contributed by atoms with E-state index in [4.69, 9.17) is 15.9 Å². The van der Waals surface area contributed by atoms with Crippen molar-refractivity contribution < 1.29 is 14.1 Å². The van der Waals surface area contributed by atoms with Gasteiger partial charge in [0.1, 0.15) is 5.84 Å². The van der Waals surface area contributed by atoms with Crippen molar-refractivity contribution in [3.8, 4) is 11.5 Å². The SMILES string of the molecule is N=C(N)c1ccc(Oc2ccccc2[N+](=O)[O-])c(F)c1. The Morgan fingerprint density at radius 1 is 1.25 bits per heavy atom. The summed E-state index contributed by atoms with van der Waals surface area (Å²) in [4.78, 5) is 10.2. The van der Waals surface area contributed by atoms with Gasteiger partial charge in [0, 0.05) is 11.6 Å². The highest BCUT2D eigenvalue weighted by Gasteiger charge is 2.16. The average Bonchev–Trinajstić information content (AvgIpc) is 2.41. The molecule has 0 fully saturated rings. The molecule has 3 N–H and O–H groups in total.